The van der Waals surface area contributed by atoms with Crippen molar-refractivity contribution in [1.82, 2.24) is 4.73 Å². The second-order valence-electron chi connectivity index (χ2n) is 5.33. The Labute approximate surface area is 122 Å². The smallest absolute Gasteiger partial charge is 0.169 e. The van der Waals surface area contributed by atoms with Crippen LogP contribution in [0.15, 0.2) is 48.6 Å². The number of rotatable bonds is 4. The number of allylic oxidation sites excluding steroid dienone is 2. The van der Waals surface area contributed by atoms with Crippen LogP contribution >= 0.6 is 0 Å². The molecule has 21 heavy (non-hydrogen) atoms. The lowest BCUT2D eigenvalue weighted by molar-refractivity contribution is 0.0935. The second kappa shape index (κ2) is 5.22. The Morgan fingerprint density at radius 2 is 2.24 bits per heavy atom. The van der Waals surface area contributed by atoms with E-state index in [1.807, 2.05) is 42.5 Å². The maximum absolute atomic E-state index is 11.1. The minimum absolute atomic E-state index is 0.476. The molecule has 1 heterocycles. The summed E-state index contributed by atoms with van der Waals surface area (Å²) in [6.07, 6.45) is 9.52. The average molecular weight is 283 g/mol. The van der Waals surface area contributed by atoms with Gasteiger partial charge in [-0.2, -0.15) is 4.73 Å². The summed E-state index contributed by atoms with van der Waals surface area (Å²) in [4.78, 5) is 16.3. The number of hydrogen-bond donors (Lipinski definition) is 1. The van der Waals surface area contributed by atoms with Crippen LogP contribution in [0.2, 0.25) is 0 Å². The molecule has 4 nitrogen and oxygen atoms in total. The summed E-state index contributed by atoms with van der Waals surface area (Å²) in [6, 6.07) is 7.64. The molecule has 0 amide bonds. The lowest BCUT2D eigenvalue weighted by Gasteiger charge is -2.25. The molecular formula is C17H17NO3. The molecule has 0 fully saturated rings. The van der Waals surface area contributed by atoms with Crippen molar-refractivity contribution in [2.75, 3.05) is 7.11 Å². The third-order valence-electron chi connectivity index (χ3n) is 3.79. The lowest BCUT2D eigenvalue weighted by atomic mass is 9.88. The molecule has 0 saturated heterocycles. The fourth-order valence-electron chi connectivity index (χ4n) is 2.80. The van der Waals surface area contributed by atoms with Gasteiger partial charge in [0.15, 0.2) is 6.29 Å². The molecule has 4 heteroatoms. The van der Waals surface area contributed by atoms with Gasteiger partial charge in [-0.1, -0.05) is 30.4 Å². The van der Waals surface area contributed by atoms with Crippen molar-refractivity contribution >= 4 is 17.2 Å². The SMILES string of the molecule is COn1c(C=O)cc2cc(CC3(O)C=CC=CC3)ccc21. The number of fused-ring (bicyclic) bond motifs is 1. The van der Waals surface area contributed by atoms with Crippen LogP contribution in [0.4, 0.5) is 0 Å². The molecule has 0 bridgehead atoms. The van der Waals surface area contributed by atoms with Crippen molar-refractivity contribution in [3.8, 4) is 0 Å². The first-order valence-electron chi connectivity index (χ1n) is 6.86. The average Bonchev–Trinajstić information content (AvgIpc) is 2.84. The topological polar surface area (TPSA) is 51.5 Å². The number of aromatic nitrogens is 1. The molecule has 0 radical (unpaired) electrons. The fourth-order valence-corrected chi connectivity index (χ4v) is 2.80. The van der Waals surface area contributed by atoms with E-state index in [1.54, 1.807) is 6.07 Å². The van der Waals surface area contributed by atoms with Crippen molar-refractivity contribution in [3.05, 3.63) is 59.8 Å². The van der Waals surface area contributed by atoms with E-state index in [0.717, 1.165) is 22.8 Å². The van der Waals surface area contributed by atoms with Crippen molar-refractivity contribution in [1.29, 1.82) is 0 Å². The van der Waals surface area contributed by atoms with Gasteiger partial charge in [0.05, 0.1) is 11.1 Å². The third kappa shape index (κ3) is 2.50. The number of carbonyl (C=O) groups is 1. The highest BCUT2D eigenvalue weighted by Crippen LogP contribution is 2.26. The van der Waals surface area contributed by atoms with Crippen molar-refractivity contribution in [2.45, 2.75) is 18.4 Å². The van der Waals surface area contributed by atoms with Crippen LogP contribution in [0.1, 0.15) is 22.5 Å². The van der Waals surface area contributed by atoms with Gasteiger partial charge >= 0.3 is 0 Å². The Kier molecular flexibility index (Phi) is 3.39. The van der Waals surface area contributed by atoms with Gasteiger partial charge in [0.2, 0.25) is 0 Å². The number of aliphatic hydroxyl groups is 1. The minimum Gasteiger partial charge on any atom is -0.416 e. The maximum atomic E-state index is 11.1. The van der Waals surface area contributed by atoms with E-state index in [9.17, 15) is 9.90 Å². The van der Waals surface area contributed by atoms with E-state index in [4.69, 9.17) is 4.84 Å². The van der Waals surface area contributed by atoms with Crippen molar-refractivity contribution < 1.29 is 14.7 Å². The first-order valence-corrected chi connectivity index (χ1v) is 6.86. The second-order valence-corrected chi connectivity index (χ2v) is 5.33. The Hall–Kier alpha value is -2.33. The standard InChI is InChI=1S/C17H17NO3/c1-21-18-15(12-19)10-14-9-13(5-6-16(14)18)11-17(20)7-3-2-4-8-17/h2-7,9-10,12,20H,8,11H2,1H3. The minimum atomic E-state index is -0.834. The lowest BCUT2D eigenvalue weighted by Crippen LogP contribution is -2.29. The van der Waals surface area contributed by atoms with Gasteiger partial charge in [0, 0.05) is 11.8 Å². The molecule has 1 atom stereocenters. The number of nitrogens with zero attached hydrogens (tertiary/aromatic N) is 1. The Bertz CT molecular complexity index is 742. The molecule has 1 aliphatic carbocycles. The normalized spacial score (nSPS) is 20.9. The molecule has 2 aromatic rings. The first kappa shape index (κ1) is 13.6. The highest BCUT2D eigenvalue weighted by atomic mass is 16.6. The van der Waals surface area contributed by atoms with Crippen LogP contribution in [0.5, 0.6) is 0 Å². The van der Waals surface area contributed by atoms with Crippen LogP contribution in [-0.4, -0.2) is 28.8 Å². The van der Waals surface area contributed by atoms with Crippen LogP contribution in [0.3, 0.4) is 0 Å². The molecule has 3 rings (SSSR count). The van der Waals surface area contributed by atoms with E-state index in [1.165, 1.54) is 11.8 Å². The molecule has 108 valence electrons. The molecule has 1 unspecified atom stereocenters. The van der Waals surface area contributed by atoms with Crippen LogP contribution in [0, 0.1) is 0 Å². The quantitative estimate of drug-likeness (QED) is 0.876. The molecule has 1 aromatic heterocycles. The zero-order valence-corrected chi connectivity index (χ0v) is 11.8. The van der Waals surface area contributed by atoms with Gasteiger partial charge in [-0.15, -0.1) is 0 Å². The van der Waals surface area contributed by atoms with Gasteiger partial charge in [-0.25, -0.2) is 0 Å². The van der Waals surface area contributed by atoms with E-state index in [2.05, 4.69) is 0 Å². The van der Waals surface area contributed by atoms with Crippen molar-refractivity contribution in [2.24, 2.45) is 0 Å². The van der Waals surface area contributed by atoms with Crippen molar-refractivity contribution in [3.63, 3.8) is 0 Å². The van der Waals surface area contributed by atoms with Crippen LogP contribution in [-0.2, 0) is 6.42 Å². The third-order valence-corrected chi connectivity index (χ3v) is 3.79. The number of carbonyl (C=O) groups excluding carboxylic acids is 1. The number of aldehydes is 1. The summed E-state index contributed by atoms with van der Waals surface area (Å²) in [5.74, 6) is 0. The van der Waals surface area contributed by atoms with E-state index in [0.29, 0.717) is 18.5 Å². The van der Waals surface area contributed by atoms with Crippen LogP contribution < -0.4 is 4.84 Å². The molecule has 1 aliphatic rings. The molecule has 0 spiro atoms. The molecule has 1 N–H and O–H groups in total. The summed E-state index contributed by atoms with van der Waals surface area (Å²) < 4.78 is 1.50. The van der Waals surface area contributed by atoms with Gasteiger partial charge < -0.3 is 9.94 Å². The molecule has 0 aliphatic heterocycles. The molecule has 0 saturated carbocycles. The van der Waals surface area contributed by atoms with Gasteiger partial charge in [-0.3, -0.25) is 4.79 Å². The van der Waals surface area contributed by atoms with E-state index in [-0.39, 0.29) is 0 Å². The first-order chi connectivity index (χ1) is 10.1. The predicted octanol–water partition coefficient (Wildman–Crippen LogP) is 2.30. The monoisotopic (exact) mass is 283 g/mol. The summed E-state index contributed by atoms with van der Waals surface area (Å²) in [7, 11) is 1.53. The Morgan fingerprint density at radius 1 is 1.38 bits per heavy atom. The van der Waals surface area contributed by atoms with Crippen LogP contribution in [0.25, 0.3) is 10.9 Å². The molecular weight excluding hydrogens is 266 g/mol. The molecule has 1 aromatic carbocycles. The van der Waals surface area contributed by atoms with Gasteiger partial charge in [0.25, 0.3) is 0 Å². The fraction of sp³-hybridized carbons (Fsp3) is 0.235. The van der Waals surface area contributed by atoms with Gasteiger partial charge in [0.1, 0.15) is 12.8 Å². The summed E-state index contributed by atoms with van der Waals surface area (Å²) >= 11 is 0. The van der Waals surface area contributed by atoms with E-state index >= 15 is 0 Å². The summed E-state index contributed by atoms with van der Waals surface area (Å²) in [5.41, 5.74) is 1.51. The zero-order valence-electron chi connectivity index (χ0n) is 11.8. The zero-order chi connectivity index (χ0) is 14.9. The largest absolute Gasteiger partial charge is 0.416 e. The van der Waals surface area contributed by atoms with E-state index < -0.39 is 5.60 Å². The Balaban J connectivity index is 1.96. The van der Waals surface area contributed by atoms with Gasteiger partial charge in [-0.05, 0) is 30.2 Å². The highest BCUT2D eigenvalue weighted by Gasteiger charge is 2.24. The predicted molar refractivity (Wildman–Crippen MR) is 81.4 cm³/mol. The maximum Gasteiger partial charge on any atom is 0.169 e. The summed E-state index contributed by atoms with van der Waals surface area (Å²) in [5, 5.41) is 11.5. The Morgan fingerprint density at radius 3 is 2.90 bits per heavy atom. The highest BCUT2D eigenvalue weighted by molar-refractivity contribution is 5.89. The number of benzene rings is 1. The number of hydrogen-bond acceptors (Lipinski definition) is 3. The summed E-state index contributed by atoms with van der Waals surface area (Å²) in [6.45, 7) is 0.